The highest BCUT2D eigenvalue weighted by Gasteiger charge is 2.20. The minimum absolute atomic E-state index is 0.595. The predicted molar refractivity (Wildman–Crippen MR) is 104 cm³/mol. The van der Waals surface area contributed by atoms with Crippen LogP contribution in [-0.4, -0.2) is 0 Å². The van der Waals surface area contributed by atoms with Crippen molar-refractivity contribution in [2.45, 2.75) is 66.2 Å². The summed E-state index contributed by atoms with van der Waals surface area (Å²) in [6.45, 7) is 11.3. The molecule has 0 nitrogen and oxygen atoms in total. The van der Waals surface area contributed by atoms with E-state index in [4.69, 9.17) is 0 Å². The lowest BCUT2D eigenvalue weighted by molar-refractivity contribution is 0.367. The molecule has 0 N–H and O–H groups in total. The lowest BCUT2D eigenvalue weighted by Gasteiger charge is -2.27. The minimum atomic E-state index is 0.595. The summed E-state index contributed by atoms with van der Waals surface area (Å²) in [6, 6.07) is 9.06. The Labute approximate surface area is 143 Å². The molecule has 0 atom stereocenters. The van der Waals surface area contributed by atoms with Crippen LogP contribution in [0.3, 0.4) is 0 Å². The van der Waals surface area contributed by atoms with E-state index in [-0.39, 0.29) is 0 Å². The molecule has 1 aliphatic rings. The fraction of sp³-hybridized carbons (Fsp3) is 0.478. The number of allylic oxidation sites excluding steroid dienone is 6. The third-order valence-corrected chi connectivity index (χ3v) is 5.11. The Morgan fingerprint density at radius 3 is 2.26 bits per heavy atom. The molecule has 0 amide bonds. The second-order valence-corrected chi connectivity index (χ2v) is 7.18. The maximum atomic E-state index is 2.38. The van der Waals surface area contributed by atoms with E-state index in [9.17, 15) is 0 Å². The summed E-state index contributed by atoms with van der Waals surface area (Å²) < 4.78 is 0. The SMILES string of the molecule is CC\C=C/C(/C=C(\C)c1ccc(C(C)C)cc1)=C(\C)C1CCC1. The van der Waals surface area contributed by atoms with Crippen LogP contribution in [0.5, 0.6) is 0 Å². The minimum Gasteiger partial charge on any atom is -0.0842 e. The first-order chi connectivity index (χ1) is 11.0. The summed E-state index contributed by atoms with van der Waals surface area (Å²) in [4.78, 5) is 0. The van der Waals surface area contributed by atoms with Crippen molar-refractivity contribution in [1.82, 2.24) is 0 Å². The Kier molecular flexibility index (Phi) is 6.45. The van der Waals surface area contributed by atoms with Crippen molar-refractivity contribution in [2.24, 2.45) is 5.92 Å². The van der Waals surface area contributed by atoms with Crippen molar-refractivity contribution in [3.05, 3.63) is 64.8 Å². The molecule has 0 heteroatoms. The summed E-state index contributed by atoms with van der Waals surface area (Å²) in [7, 11) is 0. The molecule has 0 spiro atoms. The smallest absolute Gasteiger partial charge is 0.0197 e. The van der Waals surface area contributed by atoms with Gasteiger partial charge >= 0.3 is 0 Å². The normalized spacial score (nSPS) is 17.6. The van der Waals surface area contributed by atoms with Gasteiger partial charge in [0, 0.05) is 0 Å². The van der Waals surface area contributed by atoms with Crippen molar-refractivity contribution >= 4 is 5.57 Å². The molecular formula is C23H32. The molecule has 0 radical (unpaired) electrons. The van der Waals surface area contributed by atoms with E-state index in [1.807, 2.05) is 0 Å². The van der Waals surface area contributed by atoms with Gasteiger partial charge < -0.3 is 0 Å². The van der Waals surface area contributed by atoms with Gasteiger partial charge in [0.1, 0.15) is 0 Å². The van der Waals surface area contributed by atoms with Gasteiger partial charge in [0.15, 0.2) is 0 Å². The van der Waals surface area contributed by atoms with Gasteiger partial charge in [-0.25, -0.2) is 0 Å². The van der Waals surface area contributed by atoms with Crippen LogP contribution in [0.4, 0.5) is 0 Å². The number of hydrogen-bond acceptors (Lipinski definition) is 0. The van der Waals surface area contributed by atoms with Crippen molar-refractivity contribution in [2.75, 3.05) is 0 Å². The van der Waals surface area contributed by atoms with Gasteiger partial charge in [-0.15, -0.1) is 0 Å². The zero-order valence-corrected chi connectivity index (χ0v) is 15.5. The molecule has 0 heterocycles. The molecule has 23 heavy (non-hydrogen) atoms. The fourth-order valence-corrected chi connectivity index (χ4v) is 3.06. The van der Waals surface area contributed by atoms with Crippen molar-refractivity contribution in [1.29, 1.82) is 0 Å². The van der Waals surface area contributed by atoms with Crippen molar-refractivity contribution in [3.63, 3.8) is 0 Å². The molecule has 0 unspecified atom stereocenters. The summed E-state index contributed by atoms with van der Waals surface area (Å²) in [5.41, 5.74) is 7.09. The quantitative estimate of drug-likeness (QED) is 0.484. The number of rotatable bonds is 6. The highest BCUT2D eigenvalue weighted by molar-refractivity contribution is 5.68. The van der Waals surface area contributed by atoms with Gasteiger partial charge in [0.2, 0.25) is 0 Å². The Balaban J connectivity index is 2.28. The summed E-state index contributed by atoms with van der Waals surface area (Å²) >= 11 is 0. The molecule has 1 fully saturated rings. The van der Waals surface area contributed by atoms with Crippen molar-refractivity contribution in [3.8, 4) is 0 Å². The molecular weight excluding hydrogens is 276 g/mol. The fourth-order valence-electron chi connectivity index (χ4n) is 3.06. The van der Waals surface area contributed by atoms with E-state index >= 15 is 0 Å². The summed E-state index contributed by atoms with van der Waals surface area (Å²) in [6.07, 6.45) is 12.2. The second-order valence-electron chi connectivity index (χ2n) is 7.18. The van der Waals surface area contributed by atoms with Gasteiger partial charge in [-0.2, -0.15) is 0 Å². The lowest BCUT2D eigenvalue weighted by atomic mass is 9.78. The number of hydrogen-bond donors (Lipinski definition) is 0. The first kappa shape index (κ1) is 17.8. The lowest BCUT2D eigenvalue weighted by Crippen LogP contribution is -2.13. The van der Waals surface area contributed by atoms with Crippen LogP contribution in [0.2, 0.25) is 0 Å². The molecule has 0 aliphatic heterocycles. The predicted octanol–water partition coefficient (Wildman–Crippen LogP) is 7.30. The third-order valence-electron chi connectivity index (χ3n) is 5.11. The maximum absolute atomic E-state index is 2.38. The van der Waals surface area contributed by atoms with E-state index in [1.165, 1.54) is 41.5 Å². The molecule has 1 aromatic carbocycles. The highest BCUT2D eigenvalue weighted by Crippen LogP contribution is 2.35. The van der Waals surface area contributed by atoms with Crippen LogP contribution in [0, 0.1) is 5.92 Å². The highest BCUT2D eigenvalue weighted by atomic mass is 14.3. The monoisotopic (exact) mass is 308 g/mol. The van der Waals surface area contributed by atoms with Crippen LogP contribution < -0.4 is 0 Å². The summed E-state index contributed by atoms with van der Waals surface area (Å²) in [5.74, 6) is 1.40. The molecule has 0 aromatic heterocycles. The molecule has 0 saturated heterocycles. The van der Waals surface area contributed by atoms with E-state index in [1.54, 1.807) is 5.57 Å². The van der Waals surface area contributed by atoms with Gasteiger partial charge in [-0.05, 0) is 67.2 Å². The molecule has 1 aliphatic carbocycles. The Morgan fingerprint density at radius 1 is 1.13 bits per heavy atom. The average Bonchev–Trinajstić information content (AvgIpc) is 2.49. The Bertz CT molecular complexity index is 589. The van der Waals surface area contributed by atoms with Crippen molar-refractivity contribution < 1.29 is 0 Å². The van der Waals surface area contributed by atoms with Crippen LogP contribution in [-0.2, 0) is 0 Å². The Hall–Kier alpha value is -1.56. The van der Waals surface area contributed by atoms with Crippen LogP contribution >= 0.6 is 0 Å². The zero-order valence-electron chi connectivity index (χ0n) is 15.5. The first-order valence-electron chi connectivity index (χ1n) is 9.18. The topological polar surface area (TPSA) is 0 Å². The van der Waals surface area contributed by atoms with Gasteiger partial charge in [0.25, 0.3) is 0 Å². The summed E-state index contributed by atoms with van der Waals surface area (Å²) in [5, 5.41) is 0. The van der Waals surface area contributed by atoms with E-state index < -0.39 is 0 Å². The van der Waals surface area contributed by atoms with E-state index in [2.05, 4.69) is 77.1 Å². The molecule has 124 valence electrons. The van der Waals surface area contributed by atoms with Gasteiger partial charge in [0.05, 0.1) is 0 Å². The standard InChI is InChI=1S/C23H32/c1-6-7-9-23(19(5)22-10-8-11-22)16-18(4)21-14-12-20(13-15-21)17(2)3/h7,9,12-17,22H,6,8,10-11H2,1-5H3/b9-7-,18-16+,23-19-. The average molecular weight is 309 g/mol. The zero-order chi connectivity index (χ0) is 16.8. The molecule has 0 bridgehead atoms. The van der Waals surface area contributed by atoms with E-state index in [0.29, 0.717) is 5.92 Å². The van der Waals surface area contributed by atoms with Gasteiger partial charge in [-0.3, -0.25) is 0 Å². The molecule has 1 aromatic rings. The van der Waals surface area contributed by atoms with Gasteiger partial charge in [-0.1, -0.05) is 75.3 Å². The molecule has 1 saturated carbocycles. The van der Waals surface area contributed by atoms with E-state index in [0.717, 1.165) is 12.3 Å². The first-order valence-corrected chi connectivity index (χ1v) is 9.18. The Morgan fingerprint density at radius 2 is 1.78 bits per heavy atom. The number of benzene rings is 1. The third kappa shape index (κ3) is 4.70. The second kappa shape index (κ2) is 8.34. The molecule has 2 rings (SSSR count). The largest absolute Gasteiger partial charge is 0.0842 e. The maximum Gasteiger partial charge on any atom is -0.0197 e. The van der Waals surface area contributed by atoms with Crippen LogP contribution in [0.15, 0.2) is 53.6 Å². The van der Waals surface area contributed by atoms with Crippen LogP contribution in [0.25, 0.3) is 5.57 Å². The van der Waals surface area contributed by atoms with Crippen LogP contribution in [0.1, 0.15) is 77.3 Å².